The van der Waals surface area contributed by atoms with E-state index in [-0.39, 0.29) is 5.91 Å². The number of benzene rings is 2. The maximum atomic E-state index is 12.1. The molecule has 2 aromatic rings. The van der Waals surface area contributed by atoms with E-state index in [2.05, 4.69) is 21.2 Å². The fraction of sp³-hybridized carbons (Fsp3) is 0.188. The largest absolute Gasteiger partial charge is 0.496 e. The number of nitrogens with one attached hydrogen (secondary N) is 1. The summed E-state index contributed by atoms with van der Waals surface area (Å²) in [6.45, 7) is 0.742. The molecule has 0 unspecified atom stereocenters. The molecule has 0 atom stereocenters. The van der Waals surface area contributed by atoms with Gasteiger partial charge in [-0.2, -0.15) is 0 Å². The molecule has 116 valence electrons. The molecule has 0 radical (unpaired) electrons. The molecule has 0 saturated heterocycles. The van der Waals surface area contributed by atoms with E-state index < -0.39 is 0 Å². The van der Waals surface area contributed by atoms with E-state index in [1.54, 1.807) is 18.2 Å². The first-order valence-electron chi connectivity index (χ1n) is 6.60. The Labute approximate surface area is 142 Å². The number of methoxy groups -OCH3 is 1. The minimum Gasteiger partial charge on any atom is -0.496 e. The molecule has 1 N–H and O–H groups in total. The van der Waals surface area contributed by atoms with Crippen LogP contribution in [0.5, 0.6) is 11.5 Å². The number of amides is 1. The Hall–Kier alpha value is -1.72. The van der Waals surface area contributed by atoms with Crippen molar-refractivity contribution in [2.24, 2.45) is 0 Å². The van der Waals surface area contributed by atoms with Gasteiger partial charge in [0.2, 0.25) is 0 Å². The Morgan fingerprint density at radius 1 is 1.27 bits per heavy atom. The van der Waals surface area contributed by atoms with Crippen LogP contribution in [0.15, 0.2) is 46.9 Å². The van der Waals surface area contributed by atoms with Crippen molar-refractivity contribution in [1.82, 2.24) is 5.32 Å². The highest BCUT2D eigenvalue weighted by Crippen LogP contribution is 2.22. The molecule has 22 heavy (non-hydrogen) atoms. The zero-order chi connectivity index (χ0) is 15.9. The normalized spacial score (nSPS) is 10.1. The van der Waals surface area contributed by atoms with E-state index in [4.69, 9.17) is 21.1 Å². The number of rotatable bonds is 6. The fourth-order valence-electron chi connectivity index (χ4n) is 1.84. The number of hydrogen-bond acceptors (Lipinski definition) is 3. The summed E-state index contributed by atoms with van der Waals surface area (Å²) >= 11 is 9.28. The molecule has 4 nitrogen and oxygen atoms in total. The molecule has 0 aliphatic heterocycles. The molecule has 0 spiro atoms. The molecule has 2 aromatic carbocycles. The summed E-state index contributed by atoms with van der Waals surface area (Å²) in [4.78, 5) is 12.1. The molecule has 0 aliphatic carbocycles. The van der Waals surface area contributed by atoms with Crippen molar-refractivity contribution in [3.63, 3.8) is 0 Å². The van der Waals surface area contributed by atoms with Crippen LogP contribution in [0.2, 0.25) is 5.02 Å². The van der Waals surface area contributed by atoms with E-state index >= 15 is 0 Å². The maximum absolute atomic E-state index is 12.1. The first kappa shape index (κ1) is 16.6. The van der Waals surface area contributed by atoms with Gasteiger partial charge in [-0.25, -0.2) is 0 Å². The van der Waals surface area contributed by atoms with Gasteiger partial charge in [-0.15, -0.1) is 0 Å². The zero-order valence-corrected chi connectivity index (χ0v) is 14.3. The van der Waals surface area contributed by atoms with E-state index in [0.29, 0.717) is 29.5 Å². The van der Waals surface area contributed by atoms with Crippen LogP contribution in [0, 0.1) is 0 Å². The molecule has 0 saturated carbocycles. The van der Waals surface area contributed by atoms with Crippen molar-refractivity contribution in [2.75, 3.05) is 20.3 Å². The molecule has 0 aliphatic rings. The van der Waals surface area contributed by atoms with E-state index in [0.717, 1.165) is 10.2 Å². The molecule has 0 heterocycles. The highest BCUT2D eigenvalue weighted by Gasteiger charge is 2.12. The van der Waals surface area contributed by atoms with Gasteiger partial charge in [0.05, 0.1) is 19.2 Å². The van der Waals surface area contributed by atoms with Crippen LogP contribution in [0.1, 0.15) is 10.4 Å². The monoisotopic (exact) mass is 383 g/mol. The lowest BCUT2D eigenvalue weighted by Gasteiger charge is -2.10. The second kappa shape index (κ2) is 8.06. The second-order valence-corrected chi connectivity index (χ2v) is 5.76. The van der Waals surface area contributed by atoms with E-state index in [9.17, 15) is 4.79 Å². The van der Waals surface area contributed by atoms with Crippen LogP contribution in [-0.2, 0) is 0 Å². The number of carbonyl (C=O) groups is 1. The third-order valence-corrected chi connectivity index (χ3v) is 3.59. The van der Waals surface area contributed by atoms with Gasteiger partial charge in [-0.1, -0.05) is 33.6 Å². The smallest absolute Gasteiger partial charge is 0.255 e. The maximum Gasteiger partial charge on any atom is 0.255 e. The summed E-state index contributed by atoms with van der Waals surface area (Å²) in [6.07, 6.45) is 0. The summed E-state index contributed by atoms with van der Waals surface area (Å²) in [6, 6.07) is 12.4. The molecule has 1 amide bonds. The first-order valence-corrected chi connectivity index (χ1v) is 7.77. The van der Waals surface area contributed by atoms with Crippen LogP contribution in [0.3, 0.4) is 0 Å². The number of hydrogen-bond donors (Lipinski definition) is 1. The highest BCUT2D eigenvalue weighted by molar-refractivity contribution is 9.10. The molecule has 0 aromatic heterocycles. The number of ether oxygens (including phenoxy) is 2. The SMILES string of the molecule is COc1ccc(Cl)cc1C(=O)NCCOc1cccc(Br)c1. The summed E-state index contributed by atoms with van der Waals surface area (Å²) in [7, 11) is 1.51. The van der Waals surface area contributed by atoms with Gasteiger partial charge in [0.1, 0.15) is 18.1 Å². The topological polar surface area (TPSA) is 47.6 Å². The lowest BCUT2D eigenvalue weighted by molar-refractivity contribution is 0.0944. The minimum absolute atomic E-state index is 0.253. The Morgan fingerprint density at radius 3 is 2.82 bits per heavy atom. The van der Waals surface area contributed by atoms with Crippen molar-refractivity contribution in [1.29, 1.82) is 0 Å². The number of halogens is 2. The quantitative estimate of drug-likeness (QED) is 0.768. The highest BCUT2D eigenvalue weighted by atomic mass is 79.9. The predicted molar refractivity (Wildman–Crippen MR) is 90.0 cm³/mol. The molecular weight excluding hydrogens is 370 g/mol. The third kappa shape index (κ3) is 4.64. The summed E-state index contributed by atoms with van der Waals surface area (Å²) in [5.41, 5.74) is 0.400. The van der Waals surface area contributed by atoms with Crippen LogP contribution in [0.4, 0.5) is 0 Å². The second-order valence-electron chi connectivity index (χ2n) is 4.41. The van der Waals surface area contributed by atoms with Crippen molar-refractivity contribution >= 4 is 33.4 Å². The van der Waals surface area contributed by atoms with Crippen molar-refractivity contribution in [3.8, 4) is 11.5 Å². The third-order valence-electron chi connectivity index (χ3n) is 2.86. The predicted octanol–water partition coefficient (Wildman–Crippen LogP) is 3.92. The lowest BCUT2D eigenvalue weighted by Crippen LogP contribution is -2.28. The van der Waals surface area contributed by atoms with Gasteiger partial charge in [-0.3, -0.25) is 4.79 Å². The Morgan fingerprint density at radius 2 is 2.09 bits per heavy atom. The van der Waals surface area contributed by atoms with E-state index in [1.165, 1.54) is 7.11 Å². The van der Waals surface area contributed by atoms with Crippen molar-refractivity contribution in [2.45, 2.75) is 0 Å². The van der Waals surface area contributed by atoms with Gasteiger partial charge in [0, 0.05) is 9.50 Å². The van der Waals surface area contributed by atoms with Crippen LogP contribution in [0.25, 0.3) is 0 Å². The Kier molecular flexibility index (Phi) is 6.10. The van der Waals surface area contributed by atoms with Gasteiger partial charge in [0.15, 0.2) is 0 Å². The first-order chi connectivity index (χ1) is 10.6. The van der Waals surface area contributed by atoms with E-state index in [1.807, 2.05) is 24.3 Å². The number of carbonyl (C=O) groups excluding carboxylic acids is 1. The summed E-state index contributed by atoms with van der Waals surface area (Å²) in [5, 5.41) is 3.25. The molecule has 0 bridgehead atoms. The van der Waals surface area contributed by atoms with Crippen LogP contribution >= 0.6 is 27.5 Å². The average molecular weight is 385 g/mol. The van der Waals surface area contributed by atoms with Gasteiger partial charge >= 0.3 is 0 Å². The average Bonchev–Trinajstić information content (AvgIpc) is 2.51. The molecule has 2 rings (SSSR count). The summed E-state index contributed by atoms with van der Waals surface area (Å²) in [5.74, 6) is 0.968. The van der Waals surface area contributed by atoms with Crippen molar-refractivity contribution in [3.05, 3.63) is 57.5 Å². The van der Waals surface area contributed by atoms with Gasteiger partial charge in [-0.05, 0) is 36.4 Å². The Bertz CT molecular complexity index is 664. The van der Waals surface area contributed by atoms with Gasteiger partial charge < -0.3 is 14.8 Å². The molecule has 0 fully saturated rings. The van der Waals surface area contributed by atoms with Crippen LogP contribution < -0.4 is 14.8 Å². The standard InChI is InChI=1S/C16H15BrClNO3/c1-21-15-6-5-12(18)10-14(15)16(20)19-7-8-22-13-4-2-3-11(17)9-13/h2-6,9-10H,7-8H2,1H3,(H,19,20). The zero-order valence-electron chi connectivity index (χ0n) is 11.9. The summed E-state index contributed by atoms with van der Waals surface area (Å²) < 4.78 is 11.6. The van der Waals surface area contributed by atoms with Crippen LogP contribution in [-0.4, -0.2) is 26.2 Å². The lowest BCUT2D eigenvalue weighted by atomic mass is 10.2. The molecular formula is C16H15BrClNO3. The Balaban J connectivity index is 1.87. The fourth-order valence-corrected chi connectivity index (χ4v) is 2.39. The minimum atomic E-state index is -0.253. The molecule has 6 heteroatoms. The van der Waals surface area contributed by atoms with Crippen molar-refractivity contribution < 1.29 is 14.3 Å². The van der Waals surface area contributed by atoms with Gasteiger partial charge in [0.25, 0.3) is 5.91 Å².